The zero-order valence-corrected chi connectivity index (χ0v) is 15.8. The molecule has 0 aliphatic rings. The smallest absolute Gasteiger partial charge is 0.338 e. The van der Waals surface area contributed by atoms with Gasteiger partial charge in [-0.15, -0.1) is 0 Å². The van der Waals surface area contributed by atoms with Gasteiger partial charge in [0.25, 0.3) is 5.91 Å². The van der Waals surface area contributed by atoms with Crippen LogP contribution in [-0.2, 0) is 9.53 Å². The van der Waals surface area contributed by atoms with Gasteiger partial charge in [0.2, 0.25) is 0 Å². The average molecular weight is 369 g/mol. The van der Waals surface area contributed by atoms with Crippen LogP contribution in [-0.4, -0.2) is 29.9 Å². The summed E-state index contributed by atoms with van der Waals surface area (Å²) in [6, 6.07) is 13.1. The molecule has 0 aliphatic carbocycles. The van der Waals surface area contributed by atoms with Gasteiger partial charge in [-0.25, -0.2) is 4.79 Å². The molecule has 1 amide bonds. The summed E-state index contributed by atoms with van der Waals surface area (Å²) in [5, 5.41) is 2.64. The Balaban J connectivity index is 1.96. The van der Waals surface area contributed by atoms with Crippen LogP contribution in [0.25, 0.3) is 0 Å². The van der Waals surface area contributed by atoms with Crippen LogP contribution in [0.1, 0.15) is 48.4 Å². The normalized spacial score (nSPS) is 11.6. The van der Waals surface area contributed by atoms with E-state index in [0.717, 1.165) is 0 Å². The number of amides is 1. The van der Waals surface area contributed by atoms with E-state index in [2.05, 4.69) is 5.32 Å². The molecule has 0 aromatic heterocycles. The highest BCUT2D eigenvalue weighted by Crippen LogP contribution is 2.16. The van der Waals surface area contributed by atoms with E-state index in [0.29, 0.717) is 22.6 Å². The van der Waals surface area contributed by atoms with Crippen molar-refractivity contribution >= 4 is 23.3 Å². The van der Waals surface area contributed by atoms with E-state index >= 15 is 0 Å². The lowest BCUT2D eigenvalue weighted by atomic mass is 10.1. The fourth-order valence-corrected chi connectivity index (χ4v) is 2.28. The monoisotopic (exact) mass is 369 g/mol. The molecule has 0 radical (unpaired) electrons. The number of Topliss-reactive ketones (excluding diaryl/α,β-unsaturated/α-hetero) is 1. The predicted molar refractivity (Wildman–Crippen MR) is 102 cm³/mol. The Labute approximate surface area is 158 Å². The van der Waals surface area contributed by atoms with Crippen molar-refractivity contribution in [1.29, 1.82) is 0 Å². The molecule has 0 fully saturated rings. The molecule has 0 heterocycles. The van der Waals surface area contributed by atoms with E-state index in [4.69, 9.17) is 9.47 Å². The third-order valence-corrected chi connectivity index (χ3v) is 3.65. The molecular weight excluding hydrogens is 346 g/mol. The van der Waals surface area contributed by atoms with Crippen LogP contribution >= 0.6 is 0 Å². The van der Waals surface area contributed by atoms with E-state index in [9.17, 15) is 14.4 Å². The van der Waals surface area contributed by atoms with Gasteiger partial charge in [-0.1, -0.05) is 12.1 Å². The third kappa shape index (κ3) is 5.95. The SMILES string of the molecule is CC(=O)c1cccc(NC(=O)[C@H](C)OC(=O)c2ccc(OC(C)C)cc2)c1. The van der Waals surface area contributed by atoms with E-state index in [1.807, 2.05) is 13.8 Å². The molecule has 142 valence electrons. The Bertz CT molecular complexity index is 827. The molecule has 2 aromatic rings. The molecule has 2 rings (SSSR count). The molecule has 0 unspecified atom stereocenters. The maximum absolute atomic E-state index is 12.2. The number of ketones is 1. The maximum atomic E-state index is 12.2. The van der Waals surface area contributed by atoms with Gasteiger partial charge in [-0.2, -0.15) is 0 Å². The van der Waals surface area contributed by atoms with Crippen molar-refractivity contribution in [3.05, 3.63) is 59.7 Å². The number of carbonyl (C=O) groups excluding carboxylic acids is 3. The zero-order valence-electron chi connectivity index (χ0n) is 15.8. The minimum Gasteiger partial charge on any atom is -0.491 e. The summed E-state index contributed by atoms with van der Waals surface area (Å²) < 4.78 is 10.7. The van der Waals surface area contributed by atoms with Gasteiger partial charge in [-0.05, 0) is 64.1 Å². The molecule has 2 aromatic carbocycles. The first kappa shape index (κ1) is 20.2. The average Bonchev–Trinajstić information content (AvgIpc) is 2.61. The second-order valence-corrected chi connectivity index (χ2v) is 6.36. The first-order valence-corrected chi connectivity index (χ1v) is 8.66. The Hall–Kier alpha value is -3.15. The third-order valence-electron chi connectivity index (χ3n) is 3.65. The Morgan fingerprint density at radius 3 is 2.19 bits per heavy atom. The number of benzene rings is 2. The topological polar surface area (TPSA) is 81.7 Å². The molecule has 6 nitrogen and oxygen atoms in total. The molecular formula is C21H23NO5. The lowest BCUT2D eigenvalue weighted by molar-refractivity contribution is -0.123. The summed E-state index contributed by atoms with van der Waals surface area (Å²) in [5.41, 5.74) is 1.27. The highest BCUT2D eigenvalue weighted by atomic mass is 16.5. The van der Waals surface area contributed by atoms with Crippen LogP contribution in [0.2, 0.25) is 0 Å². The van der Waals surface area contributed by atoms with Gasteiger partial charge in [0.1, 0.15) is 5.75 Å². The van der Waals surface area contributed by atoms with E-state index in [1.165, 1.54) is 13.8 Å². The van der Waals surface area contributed by atoms with Crippen LogP contribution in [0.4, 0.5) is 5.69 Å². The van der Waals surface area contributed by atoms with Gasteiger partial charge < -0.3 is 14.8 Å². The van der Waals surface area contributed by atoms with E-state index in [1.54, 1.807) is 48.5 Å². The van der Waals surface area contributed by atoms with E-state index in [-0.39, 0.29) is 11.9 Å². The second kappa shape index (κ2) is 8.98. The first-order valence-electron chi connectivity index (χ1n) is 8.66. The lowest BCUT2D eigenvalue weighted by Crippen LogP contribution is -2.30. The summed E-state index contributed by atoms with van der Waals surface area (Å²) in [5.74, 6) is -0.539. The number of hydrogen-bond donors (Lipinski definition) is 1. The largest absolute Gasteiger partial charge is 0.491 e. The highest BCUT2D eigenvalue weighted by molar-refractivity contribution is 5.99. The Morgan fingerprint density at radius 2 is 1.59 bits per heavy atom. The molecule has 1 atom stereocenters. The number of hydrogen-bond acceptors (Lipinski definition) is 5. The number of nitrogens with one attached hydrogen (secondary N) is 1. The quantitative estimate of drug-likeness (QED) is 0.592. The molecule has 0 spiro atoms. The van der Waals surface area contributed by atoms with Crippen LogP contribution in [0.15, 0.2) is 48.5 Å². The van der Waals surface area contributed by atoms with Crippen molar-refractivity contribution in [1.82, 2.24) is 0 Å². The zero-order chi connectivity index (χ0) is 20.0. The lowest BCUT2D eigenvalue weighted by Gasteiger charge is -2.14. The summed E-state index contributed by atoms with van der Waals surface area (Å²) in [6.07, 6.45) is -0.960. The van der Waals surface area contributed by atoms with Gasteiger partial charge in [0.15, 0.2) is 11.9 Å². The van der Waals surface area contributed by atoms with Gasteiger partial charge in [0.05, 0.1) is 11.7 Å². The number of rotatable bonds is 7. The van der Waals surface area contributed by atoms with E-state index < -0.39 is 18.0 Å². The number of carbonyl (C=O) groups is 3. The first-order chi connectivity index (χ1) is 12.8. The van der Waals surface area contributed by atoms with Crippen molar-refractivity contribution in [2.45, 2.75) is 39.9 Å². The summed E-state index contributed by atoms with van der Waals surface area (Å²) >= 11 is 0. The molecule has 27 heavy (non-hydrogen) atoms. The molecule has 0 saturated carbocycles. The predicted octanol–water partition coefficient (Wildman–Crippen LogP) is 3.86. The van der Waals surface area contributed by atoms with Gasteiger partial charge >= 0.3 is 5.97 Å². The number of ether oxygens (including phenoxy) is 2. The van der Waals surface area contributed by atoms with Crippen molar-refractivity contribution in [3.8, 4) is 5.75 Å². The molecule has 0 aliphatic heterocycles. The van der Waals surface area contributed by atoms with Crippen LogP contribution < -0.4 is 10.1 Å². The molecule has 1 N–H and O–H groups in total. The molecule has 6 heteroatoms. The Morgan fingerprint density at radius 1 is 0.926 bits per heavy atom. The molecule has 0 saturated heterocycles. The van der Waals surface area contributed by atoms with Crippen molar-refractivity contribution in [3.63, 3.8) is 0 Å². The number of esters is 1. The fourth-order valence-electron chi connectivity index (χ4n) is 2.28. The van der Waals surface area contributed by atoms with Crippen molar-refractivity contribution in [2.75, 3.05) is 5.32 Å². The second-order valence-electron chi connectivity index (χ2n) is 6.36. The van der Waals surface area contributed by atoms with Gasteiger partial charge in [-0.3, -0.25) is 9.59 Å². The fraction of sp³-hybridized carbons (Fsp3) is 0.286. The van der Waals surface area contributed by atoms with Crippen molar-refractivity contribution < 1.29 is 23.9 Å². The Kier molecular flexibility index (Phi) is 6.71. The van der Waals surface area contributed by atoms with Gasteiger partial charge in [0, 0.05) is 11.3 Å². The van der Waals surface area contributed by atoms with Crippen molar-refractivity contribution in [2.24, 2.45) is 0 Å². The minimum absolute atomic E-state index is 0.0352. The minimum atomic E-state index is -0.995. The van der Waals surface area contributed by atoms with Crippen LogP contribution in [0, 0.1) is 0 Å². The van der Waals surface area contributed by atoms with Crippen LogP contribution in [0.5, 0.6) is 5.75 Å². The molecule has 0 bridgehead atoms. The maximum Gasteiger partial charge on any atom is 0.338 e. The van der Waals surface area contributed by atoms with Crippen LogP contribution in [0.3, 0.4) is 0 Å². The summed E-state index contributed by atoms with van der Waals surface area (Å²) in [4.78, 5) is 35.9. The summed E-state index contributed by atoms with van der Waals surface area (Å²) in [6.45, 7) is 6.75. The highest BCUT2D eigenvalue weighted by Gasteiger charge is 2.19. The standard InChI is InChI=1S/C21H23NO5/c1-13(2)26-19-10-8-16(9-11-19)21(25)27-15(4)20(24)22-18-7-5-6-17(12-18)14(3)23/h5-13,15H,1-4H3,(H,22,24)/t15-/m0/s1. The number of anilines is 1. The summed E-state index contributed by atoms with van der Waals surface area (Å²) in [7, 11) is 0.